The van der Waals surface area contributed by atoms with Crippen LogP contribution in [0.15, 0.2) is 58.4 Å². The second-order valence-electron chi connectivity index (χ2n) is 5.00. The van der Waals surface area contributed by atoms with Gasteiger partial charge in [-0.1, -0.05) is 12.1 Å². The Kier molecular flexibility index (Phi) is 4.86. The van der Waals surface area contributed by atoms with Crippen LogP contribution < -0.4 is 10.1 Å². The van der Waals surface area contributed by atoms with E-state index in [0.29, 0.717) is 22.4 Å². The molecule has 1 aliphatic rings. The van der Waals surface area contributed by atoms with E-state index in [-0.39, 0.29) is 11.7 Å². The first kappa shape index (κ1) is 16.1. The molecule has 3 rings (SSSR count). The largest absolute Gasteiger partial charge is 0.508 e. The molecular formula is C18H16N2O3S. The molecule has 1 saturated heterocycles. The fourth-order valence-electron chi connectivity index (χ4n) is 2.10. The zero-order valence-electron chi connectivity index (χ0n) is 13.0. The van der Waals surface area contributed by atoms with Gasteiger partial charge in [-0.3, -0.25) is 4.79 Å². The van der Waals surface area contributed by atoms with Crippen LogP contribution in [0.3, 0.4) is 0 Å². The van der Waals surface area contributed by atoms with Gasteiger partial charge in [-0.05, 0) is 66.7 Å². The first-order valence-corrected chi connectivity index (χ1v) is 8.27. The van der Waals surface area contributed by atoms with Crippen LogP contribution in [0.2, 0.25) is 0 Å². The van der Waals surface area contributed by atoms with Crippen molar-refractivity contribution >= 4 is 34.6 Å². The molecule has 1 fully saturated rings. The summed E-state index contributed by atoms with van der Waals surface area (Å²) in [5, 5.41) is 12.5. The van der Waals surface area contributed by atoms with Crippen molar-refractivity contribution < 1.29 is 14.6 Å². The average molecular weight is 340 g/mol. The molecule has 0 radical (unpaired) electrons. The summed E-state index contributed by atoms with van der Waals surface area (Å²) in [6, 6.07) is 14.0. The van der Waals surface area contributed by atoms with E-state index in [0.717, 1.165) is 11.3 Å². The number of benzene rings is 2. The number of aliphatic imine (C=N–C) groups is 1. The summed E-state index contributed by atoms with van der Waals surface area (Å²) < 4.78 is 5.40. The molecule has 2 aromatic carbocycles. The van der Waals surface area contributed by atoms with Crippen LogP contribution in [-0.4, -0.2) is 22.8 Å². The van der Waals surface area contributed by atoms with Gasteiger partial charge in [0.25, 0.3) is 5.91 Å². The second-order valence-corrected chi connectivity index (χ2v) is 6.03. The smallest absolute Gasteiger partial charge is 0.264 e. The molecule has 0 atom stereocenters. The van der Waals surface area contributed by atoms with Gasteiger partial charge in [-0.15, -0.1) is 0 Å². The molecule has 0 aromatic heterocycles. The highest BCUT2D eigenvalue weighted by atomic mass is 32.2. The Hall–Kier alpha value is -2.73. The van der Waals surface area contributed by atoms with Gasteiger partial charge in [0.15, 0.2) is 5.17 Å². The number of phenolic OH excluding ortho intramolecular Hbond substituents is 1. The lowest BCUT2D eigenvalue weighted by atomic mass is 10.2. The number of amidine groups is 1. The first-order chi connectivity index (χ1) is 11.6. The van der Waals surface area contributed by atoms with Gasteiger partial charge < -0.3 is 15.2 Å². The molecular weight excluding hydrogens is 324 g/mol. The van der Waals surface area contributed by atoms with Crippen molar-refractivity contribution in [3.63, 3.8) is 0 Å². The van der Waals surface area contributed by atoms with E-state index in [1.807, 2.05) is 37.3 Å². The Balaban J connectivity index is 1.75. The number of rotatable bonds is 4. The number of amides is 1. The Morgan fingerprint density at radius 1 is 1.17 bits per heavy atom. The van der Waals surface area contributed by atoms with Gasteiger partial charge in [0, 0.05) is 0 Å². The molecule has 0 unspecified atom stereocenters. The summed E-state index contributed by atoms with van der Waals surface area (Å²) in [5.41, 5.74) is 1.58. The van der Waals surface area contributed by atoms with Gasteiger partial charge in [0.05, 0.1) is 17.2 Å². The zero-order valence-corrected chi connectivity index (χ0v) is 13.8. The van der Waals surface area contributed by atoms with E-state index in [4.69, 9.17) is 4.74 Å². The van der Waals surface area contributed by atoms with Crippen LogP contribution in [0.4, 0.5) is 5.69 Å². The highest BCUT2D eigenvalue weighted by molar-refractivity contribution is 8.18. The maximum Gasteiger partial charge on any atom is 0.264 e. The van der Waals surface area contributed by atoms with Gasteiger partial charge in [0.1, 0.15) is 11.5 Å². The van der Waals surface area contributed by atoms with E-state index < -0.39 is 0 Å². The van der Waals surface area contributed by atoms with Crippen LogP contribution in [0.1, 0.15) is 12.5 Å². The minimum atomic E-state index is -0.175. The summed E-state index contributed by atoms with van der Waals surface area (Å²) in [6.45, 7) is 2.56. The molecule has 0 bridgehead atoms. The van der Waals surface area contributed by atoms with Crippen LogP contribution in [-0.2, 0) is 4.79 Å². The van der Waals surface area contributed by atoms with Crippen LogP contribution in [0.5, 0.6) is 11.5 Å². The molecule has 0 saturated carbocycles. The quantitative estimate of drug-likeness (QED) is 0.833. The van der Waals surface area contributed by atoms with Crippen molar-refractivity contribution in [1.82, 2.24) is 5.32 Å². The Bertz CT molecular complexity index is 796. The predicted molar refractivity (Wildman–Crippen MR) is 96.5 cm³/mol. The molecule has 2 aromatic rings. The zero-order chi connectivity index (χ0) is 16.9. The SMILES string of the molecule is CCOc1ccc(C=C2SC(=Nc3ccc(O)cc3)NC2=O)cc1. The van der Waals surface area contributed by atoms with Gasteiger partial charge in [-0.2, -0.15) is 0 Å². The lowest BCUT2D eigenvalue weighted by Crippen LogP contribution is -2.19. The number of carbonyl (C=O) groups is 1. The minimum absolute atomic E-state index is 0.175. The number of hydrogen-bond acceptors (Lipinski definition) is 5. The van der Waals surface area contributed by atoms with Crippen molar-refractivity contribution in [3.8, 4) is 11.5 Å². The highest BCUT2D eigenvalue weighted by Gasteiger charge is 2.23. The molecule has 1 heterocycles. The normalized spacial score (nSPS) is 17.3. The monoisotopic (exact) mass is 340 g/mol. The van der Waals surface area contributed by atoms with E-state index in [1.165, 1.54) is 11.8 Å². The molecule has 5 nitrogen and oxygen atoms in total. The molecule has 0 aliphatic carbocycles. The number of nitrogens with one attached hydrogen (secondary N) is 1. The Morgan fingerprint density at radius 2 is 1.88 bits per heavy atom. The summed E-state index contributed by atoms with van der Waals surface area (Å²) >= 11 is 1.28. The molecule has 24 heavy (non-hydrogen) atoms. The predicted octanol–water partition coefficient (Wildman–Crippen LogP) is 3.68. The fourth-order valence-corrected chi connectivity index (χ4v) is 2.95. The van der Waals surface area contributed by atoms with E-state index in [1.54, 1.807) is 24.3 Å². The maximum atomic E-state index is 12.1. The average Bonchev–Trinajstić information content (AvgIpc) is 2.91. The van der Waals surface area contributed by atoms with Crippen molar-refractivity contribution in [2.45, 2.75) is 6.92 Å². The molecule has 122 valence electrons. The third-order valence-electron chi connectivity index (χ3n) is 3.22. The fraction of sp³-hybridized carbons (Fsp3) is 0.111. The van der Waals surface area contributed by atoms with Gasteiger partial charge >= 0.3 is 0 Å². The molecule has 6 heteroatoms. The molecule has 1 aliphatic heterocycles. The third-order valence-corrected chi connectivity index (χ3v) is 4.13. The van der Waals surface area contributed by atoms with Crippen LogP contribution >= 0.6 is 11.8 Å². The van der Waals surface area contributed by atoms with Gasteiger partial charge in [0.2, 0.25) is 0 Å². The third kappa shape index (κ3) is 3.97. The van der Waals surface area contributed by atoms with Crippen molar-refractivity contribution in [2.75, 3.05) is 6.61 Å². The summed E-state index contributed by atoms with van der Waals surface area (Å²) in [7, 11) is 0. The standard InChI is InChI=1S/C18H16N2O3S/c1-2-23-15-9-3-12(4-10-15)11-16-17(22)20-18(24-16)19-13-5-7-14(21)8-6-13/h3-11,21H,2H2,1H3,(H,19,20,22). The van der Waals surface area contributed by atoms with E-state index in [9.17, 15) is 9.90 Å². The lowest BCUT2D eigenvalue weighted by Gasteiger charge is -2.02. The van der Waals surface area contributed by atoms with Crippen LogP contribution in [0, 0.1) is 0 Å². The van der Waals surface area contributed by atoms with Gasteiger partial charge in [-0.25, -0.2) is 4.99 Å². The second kappa shape index (κ2) is 7.23. The number of phenols is 1. The topological polar surface area (TPSA) is 70.9 Å². The van der Waals surface area contributed by atoms with Crippen LogP contribution in [0.25, 0.3) is 6.08 Å². The highest BCUT2D eigenvalue weighted by Crippen LogP contribution is 2.28. The van der Waals surface area contributed by atoms with Crippen molar-refractivity contribution in [3.05, 3.63) is 59.0 Å². The van der Waals surface area contributed by atoms with E-state index in [2.05, 4.69) is 10.3 Å². The summed E-state index contributed by atoms with van der Waals surface area (Å²) in [6.07, 6.45) is 1.81. The molecule has 0 spiro atoms. The van der Waals surface area contributed by atoms with Crippen molar-refractivity contribution in [1.29, 1.82) is 0 Å². The minimum Gasteiger partial charge on any atom is -0.508 e. The number of hydrogen-bond donors (Lipinski definition) is 2. The molecule has 1 amide bonds. The number of aromatic hydroxyl groups is 1. The first-order valence-electron chi connectivity index (χ1n) is 7.45. The lowest BCUT2D eigenvalue weighted by molar-refractivity contribution is -0.115. The summed E-state index contributed by atoms with van der Waals surface area (Å²) in [4.78, 5) is 17.0. The number of carbonyl (C=O) groups excluding carboxylic acids is 1. The summed E-state index contributed by atoms with van der Waals surface area (Å²) in [5.74, 6) is 0.808. The Labute approximate surface area is 144 Å². The maximum absolute atomic E-state index is 12.1. The number of ether oxygens (including phenoxy) is 1. The van der Waals surface area contributed by atoms with Crippen molar-refractivity contribution in [2.24, 2.45) is 4.99 Å². The molecule has 2 N–H and O–H groups in total. The van der Waals surface area contributed by atoms with E-state index >= 15 is 0 Å². The number of nitrogens with zero attached hydrogens (tertiary/aromatic N) is 1. The Morgan fingerprint density at radius 3 is 2.54 bits per heavy atom. The number of thioether (sulfide) groups is 1.